The van der Waals surface area contributed by atoms with Crippen LogP contribution in [0.5, 0.6) is 5.75 Å². The molecular formula is C35H30N2O4S. The zero-order chi connectivity index (χ0) is 29.2. The average Bonchev–Trinajstić information content (AvgIpc) is 3.30. The normalized spacial score (nSPS) is 14.9. The van der Waals surface area contributed by atoms with Gasteiger partial charge in [0.05, 0.1) is 28.5 Å². The second-order valence-corrected chi connectivity index (χ2v) is 11.2. The van der Waals surface area contributed by atoms with Crippen LogP contribution in [0.2, 0.25) is 0 Å². The van der Waals surface area contributed by atoms with Gasteiger partial charge in [-0.15, -0.1) is 0 Å². The van der Waals surface area contributed by atoms with Gasteiger partial charge in [0.25, 0.3) is 5.56 Å². The Balaban J connectivity index is 1.44. The molecule has 0 N–H and O–H groups in total. The van der Waals surface area contributed by atoms with E-state index in [0.29, 0.717) is 33.0 Å². The third kappa shape index (κ3) is 5.31. The van der Waals surface area contributed by atoms with E-state index in [4.69, 9.17) is 14.5 Å². The number of rotatable bonds is 7. The van der Waals surface area contributed by atoms with Gasteiger partial charge in [-0.25, -0.2) is 9.79 Å². The molecule has 0 radical (unpaired) electrons. The molecule has 1 aromatic heterocycles. The van der Waals surface area contributed by atoms with Crippen LogP contribution in [0.1, 0.15) is 42.1 Å². The number of thiazole rings is 1. The summed E-state index contributed by atoms with van der Waals surface area (Å²) in [5.74, 6) is 0.246. The predicted octanol–water partition coefficient (Wildman–Crippen LogP) is 5.84. The van der Waals surface area contributed by atoms with Crippen molar-refractivity contribution >= 4 is 34.2 Å². The van der Waals surface area contributed by atoms with Crippen molar-refractivity contribution in [1.29, 1.82) is 0 Å². The minimum Gasteiger partial charge on any atom is -0.489 e. The lowest BCUT2D eigenvalue weighted by Gasteiger charge is -2.25. The van der Waals surface area contributed by atoms with E-state index in [0.717, 1.165) is 27.5 Å². The van der Waals surface area contributed by atoms with Crippen LogP contribution in [0.3, 0.4) is 0 Å². The van der Waals surface area contributed by atoms with Crippen molar-refractivity contribution in [2.45, 2.75) is 33.4 Å². The Bertz CT molecular complexity index is 2010. The largest absolute Gasteiger partial charge is 0.489 e. The van der Waals surface area contributed by atoms with Gasteiger partial charge >= 0.3 is 5.97 Å². The van der Waals surface area contributed by atoms with Gasteiger partial charge in [0.2, 0.25) is 0 Å². The summed E-state index contributed by atoms with van der Waals surface area (Å²) < 4.78 is 13.6. The van der Waals surface area contributed by atoms with Crippen LogP contribution in [0.4, 0.5) is 0 Å². The van der Waals surface area contributed by atoms with E-state index in [1.165, 1.54) is 16.9 Å². The van der Waals surface area contributed by atoms with Gasteiger partial charge in [0.15, 0.2) is 4.80 Å². The zero-order valence-electron chi connectivity index (χ0n) is 23.7. The van der Waals surface area contributed by atoms with Gasteiger partial charge in [-0.05, 0) is 66.4 Å². The summed E-state index contributed by atoms with van der Waals surface area (Å²) in [5.41, 5.74) is 4.69. The molecule has 7 heteroatoms. The fourth-order valence-electron chi connectivity index (χ4n) is 5.27. The highest BCUT2D eigenvalue weighted by Crippen LogP contribution is 2.34. The Labute approximate surface area is 247 Å². The Morgan fingerprint density at radius 3 is 2.55 bits per heavy atom. The number of carbonyl (C=O) groups is 1. The SMILES string of the molecule is CCOC(=O)C1=C(C)N=c2s/c(=C/c3cccc(OCc4ccc(C)cc4)c3)c(=O)n2[C@H]1c1cccc2ccccc12. The first-order valence-corrected chi connectivity index (χ1v) is 14.7. The van der Waals surface area contributed by atoms with Crippen LogP contribution in [0.15, 0.2) is 112 Å². The summed E-state index contributed by atoms with van der Waals surface area (Å²) >= 11 is 1.31. The number of carbonyl (C=O) groups excluding carboxylic acids is 1. The van der Waals surface area contributed by atoms with Gasteiger partial charge < -0.3 is 9.47 Å². The maximum atomic E-state index is 14.1. The van der Waals surface area contributed by atoms with Crippen LogP contribution in [-0.2, 0) is 16.1 Å². The Hall–Kier alpha value is -4.75. The van der Waals surface area contributed by atoms with Crippen molar-refractivity contribution < 1.29 is 14.3 Å². The fourth-order valence-corrected chi connectivity index (χ4v) is 6.32. The van der Waals surface area contributed by atoms with E-state index in [1.54, 1.807) is 18.4 Å². The van der Waals surface area contributed by atoms with Crippen molar-refractivity contribution in [3.05, 3.63) is 144 Å². The number of nitrogens with zero attached hydrogens (tertiary/aromatic N) is 2. The van der Waals surface area contributed by atoms with Crippen molar-refractivity contribution in [3.8, 4) is 5.75 Å². The van der Waals surface area contributed by atoms with Crippen LogP contribution >= 0.6 is 11.3 Å². The first-order chi connectivity index (χ1) is 20.4. The molecule has 2 heterocycles. The van der Waals surface area contributed by atoms with Crippen LogP contribution in [-0.4, -0.2) is 17.1 Å². The first-order valence-electron chi connectivity index (χ1n) is 13.9. The molecule has 0 aliphatic carbocycles. The summed E-state index contributed by atoms with van der Waals surface area (Å²) in [7, 11) is 0. The Morgan fingerprint density at radius 1 is 0.976 bits per heavy atom. The van der Waals surface area contributed by atoms with Crippen LogP contribution in [0.25, 0.3) is 16.8 Å². The monoisotopic (exact) mass is 574 g/mol. The van der Waals surface area contributed by atoms with Gasteiger partial charge in [0, 0.05) is 0 Å². The van der Waals surface area contributed by atoms with E-state index in [2.05, 4.69) is 31.2 Å². The van der Waals surface area contributed by atoms with E-state index in [-0.39, 0.29) is 12.2 Å². The number of hydrogen-bond acceptors (Lipinski definition) is 6. The van der Waals surface area contributed by atoms with E-state index in [9.17, 15) is 9.59 Å². The minimum absolute atomic E-state index is 0.211. The molecule has 0 amide bonds. The van der Waals surface area contributed by atoms with E-state index < -0.39 is 12.0 Å². The molecular weight excluding hydrogens is 544 g/mol. The third-order valence-corrected chi connectivity index (χ3v) is 8.30. The molecule has 5 aromatic rings. The molecule has 0 fully saturated rings. The molecule has 0 spiro atoms. The number of allylic oxidation sites excluding steroid dienone is 1. The van der Waals surface area contributed by atoms with Crippen LogP contribution < -0.4 is 19.6 Å². The van der Waals surface area contributed by atoms with Crippen molar-refractivity contribution in [1.82, 2.24) is 4.57 Å². The lowest BCUT2D eigenvalue weighted by atomic mass is 9.91. The number of aromatic nitrogens is 1. The maximum absolute atomic E-state index is 14.1. The number of benzene rings is 4. The smallest absolute Gasteiger partial charge is 0.338 e. The molecule has 0 bridgehead atoms. The molecule has 1 aliphatic heterocycles. The quantitative estimate of drug-likeness (QED) is 0.229. The lowest BCUT2D eigenvalue weighted by Crippen LogP contribution is -2.40. The summed E-state index contributed by atoms with van der Waals surface area (Å²) in [5, 5.41) is 1.99. The number of hydrogen-bond donors (Lipinski definition) is 0. The summed E-state index contributed by atoms with van der Waals surface area (Å²) in [4.78, 5) is 32.6. The fraction of sp³-hybridized carbons (Fsp3) is 0.171. The van der Waals surface area contributed by atoms with Crippen molar-refractivity contribution in [2.75, 3.05) is 6.61 Å². The van der Waals surface area contributed by atoms with E-state index in [1.807, 2.05) is 72.8 Å². The standard InChI is InChI=1S/C35H30N2O4S/c1-4-40-34(39)31-23(3)36-35-37(32(31)29-14-8-11-26-10-5-6-13-28(26)29)33(38)30(42-35)20-25-9-7-12-27(19-25)41-21-24-17-15-22(2)16-18-24/h5-20,32H,4,21H2,1-3H3/b30-20+/t32-/m0/s1. The zero-order valence-corrected chi connectivity index (χ0v) is 24.5. The second-order valence-electron chi connectivity index (χ2n) is 10.2. The number of esters is 1. The Kier molecular flexibility index (Phi) is 7.59. The summed E-state index contributed by atoms with van der Waals surface area (Å²) in [6.07, 6.45) is 1.85. The topological polar surface area (TPSA) is 69.9 Å². The Morgan fingerprint density at radius 2 is 1.74 bits per heavy atom. The van der Waals surface area contributed by atoms with Crippen molar-refractivity contribution in [2.24, 2.45) is 4.99 Å². The van der Waals surface area contributed by atoms with Crippen molar-refractivity contribution in [3.63, 3.8) is 0 Å². The molecule has 1 aliphatic rings. The third-order valence-electron chi connectivity index (χ3n) is 7.32. The highest BCUT2D eigenvalue weighted by molar-refractivity contribution is 7.07. The second kappa shape index (κ2) is 11.6. The highest BCUT2D eigenvalue weighted by atomic mass is 32.1. The van der Waals surface area contributed by atoms with Gasteiger partial charge in [-0.2, -0.15) is 0 Å². The summed E-state index contributed by atoms with van der Waals surface area (Å²) in [6, 6.07) is 29.2. The van der Waals surface area contributed by atoms with E-state index >= 15 is 0 Å². The average molecular weight is 575 g/mol. The molecule has 0 saturated carbocycles. The number of ether oxygens (including phenoxy) is 2. The first kappa shape index (κ1) is 27.4. The molecule has 4 aromatic carbocycles. The molecule has 6 nitrogen and oxygen atoms in total. The molecule has 42 heavy (non-hydrogen) atoms. The summed E-state index contributed by atoms with van der Waals surface area (Å²) in [6.45, 7) is 6.31. The molecule has 6 rings (SSSR count). The maximum Gasteiger partial charge on any atom is 0.338 e. The van der Waals surface area contributed by atoms with Gasteiger partial charge in [-0.1, -0.05) is 95.8 Å². The van der Waals surface area contributed by atoms with Gasteiger partial charge in [-0.3, -0.25) is 9.36 Å². The lowest BCUT2D eigenvalue weighted by molar-refractivity contribution is -0.139. The number of aryl methyl sites for hydroxylation is 1. The van der Waals surface area contributed by atoms with Crippen LogP contribution in [0, 0.1) is 6.92 Å². The molecule has 1 atom stereocenters. The number of fused-ring (bicyclic) bond motifs is 2. The molecule has 210 valence electrons. The predicted molar refractivity (Wildman–Crippen MR) is 166 cm³/mol. The highest BCUT2D eigenvalue weighted by Gasteiger charge is 2.34. The molecule has 0 unspecified atom stereocenters. The van der Waals surface area contributed by atoms with Gasteiger partial charge in [0.1, 0.15) is 12.4 Å². The molecule has 0 saturated heterocycles. The minimum atomic E-state index is -0.669.